The third kappa shape index (κ3) is 26.1. The number of benzene rings is 2. The second kappa shape index (κ2) is 40.1. The topological polar surface area (TPSA) is 617 Å². The number of carbonyl (C=O) groups excluding carboxylic acids is 2. The first kappa shape index (κ1) is 94.4. The summed E-state index contributed by atoms with van der Waals surface area (Å²) < 4.78 is 115. The molecule has 90 heavy (non-hydrogen) atoms. The van der Waals surface area contributed by atoms with Crippen LogP contribution in [0.15, 0.2) is 73.8 Å². The normalized spacial score (nSPS) is 21.9. The van der Waals surface area contributed by atoms with Gasteiger partial charge in [-0.3, -0.25) is 36.0 Å². The third-order valence-corrected chi connectivity index (χ3v) is 18.2. The maximum atomic E-state index is 13.1. The number of aromatic nitrogens is 8. The number of nitrogen functional groups attached to an aromatic ring is 2. The number of nitrogens with two attached hydrogens (primary N) is 2. The average molecular weight is 1460 g/mol. The summed E-state index contributed by atoms with van der Waals surface area (Å²) in [4.78, 5) is 139. The first-order chi connectivity index (χ1) is 38.2. The van der Waals surface area contributed by atoms with E-state index in [1.165, 1.54) is 47.0 Å². The molecule has 8 rings (SSSR count). The predicted octanol–water partition coefficient (Wildman–Crippen LogP) is -28.5. The van der Waals surface area contributed by atoms with Gasteiger partial charge in [0.05, 0.1) is 52.6 Å². The molecule has 6 aromatic rings. The van der Waals surface area contributed by atoms with Crippen molar-refractivity contribution >= 4 is 104 Å². The van der Waals surface area contributed by atoms with E-state index in [1.54, 1.807) is 37.4 Å². The molecule has 4 aromatic heterocycles. The number of para-hydroxylation sites is 2. The van der Waals surface area contributed by atoms with Gasteiger partial charge >= 0.3 is 248 Å². The molecule has 0 radical (unpaired) electrons. The van der Waals surface area contributed by atoms with Crippen molar-refractivity contribution in [1.29, 1.82) is 0 Å². The van der Waals surface area contributed by atoms with E-state index in [0.717, 1.165) is 12.7 Å². The summed E-state index contributed by atoms with van der Waals surface area (Å²) in [6.45, 7) is -2.29. The maximum absolute atomic E-state index is 13.1. The van der Waals surface area contributed by atoms with Gasteiger partial charge < -0.3 is 109 Å². The molecule has 2 fully saturated rings. The van der Waals surface area contributed by atoms with E-state index in [-0.39, 0.29) is 282 Å². The van der Waals surface area contributed by atoms with E-state index < -0.39 is 121 Å². The Morgan fingerprint density at radius 2 is 0.889 bits per heavy atom. The number of esters is 2. The van der Waals surface area contributed by atoms with E-state index in [4.69, 9.17) is 30.4 Å². The number of imidazole rings is 2. The molecule has 448 valence electrons. The van der Waals surface area contributed by atoms with Crippen molar-refractivity contribution < 1.29 is 368 Å². The monoisotopic (exact) mass is 1460 g/mol. The summed E-state index contributed by atoms with van der Waals surface area (Å²) in [5.74, 6) is -1.93. The van der Waals surface area contributed by atoms with Crippen molar-refractivity contribution in [3.63, 3.8) is 0 Å². The standard InChI is InChI=1S/2C18H23N6O14P3.8Na/c1-20-10-5-3-2-4-9(10)18(26)36-14-11(6-34-40(30,31)38-41(32,33)37-39(27,28)29)35-17(13(14)25)24-8-23-12-15(19)21-7-22-16(12)24;1-20-10-5-3-2-4-9(10)18(26)36-14-13(25)11(6-34-40(30,31)38-41(32,33)37-39(27,28)29)35-17(14)24-8-23-12-15(19)21-7-22-16(12)24;;;;;;;;/h2*2-5,7-8,11,13-14,17,20,25H,6H2,1H3,(H,30,31)(H,32,33)(H2,19,21,22)(H2,27,28,29);;;;;;;;/q;;8*+1/p-8/t2*11-,13-,14-,17-;;;;;;;;/m11......../s1. The van der Waals surface area contributed by atoms with Crippen LogP contribution in [0.3, 0.4) is 0 Å². The first-order valence-electron chi connectivity index (χ1n) is 22.1. The number of aliphatic hydroxyl groups excluding tert-OH is 2. The molecule has 54 heteroatoms. The first-order valence-corrected chi connectivity index (χ1v) is 30.9. The Balaban J connectivity index is 0. The summed E-state index contributed by atoms with van der Waals surface area (Å²) in [6.07, 6.45) is -8.36. The van der Waals surface area contributed by atoms with Gasteiger partial charge in [-0.05, 0) is 24.3 Å². The summed E-state index contributed by atoms with van der Waals surface area (Å²) >= 11 is 0. The zero-order valence-corrected chi connectivity index (χ0v) is 70.3. The van der Waals surface area contributed by atoms with Crippen LogP contribution in [0.2, 0.25) is 0 Å². The number of phosphoric acid groups is 6. The van der Waals surface area contributed by atoms with Crippen molar-refractivity contribution in [2.75, 3.05) is 49.4 Å². The van der Waals surface area contributed by atoms with Gasteiger partial charge in [-0.25, -0.2) is 48.1 Å². The molecule has 2 aliphatic heterocycles. The van der Waals surface area contributed by atoms with Gasteiger partial charge in [0, 0.05) is 25.5 Å². The van der Waals surface area contributed by atoms with Gasteiger partial charge in [-0.2, -0.15) is 0 Å². The largest absolute Gasteiger partial charge is 1.00 e. The van der Waals surface area contributed by atoms with Crippen molar-refractivity contribution in [2.24, 2.45) is 0 Å². The molecule has 40 nitrogen and oxygen atoms in total. The van der Waals surface area contributed by atoms with Crippen LogP contribution in [0.25, 0.3) is 22.3 Å². The number of hydrogen-bond donors (Lipinski definition) is 6. The molecule has 0 amide bonds. The average Bonchev–Trinajstić information content (AvgIpc) is 1.90. The summed E-state index contributed by atoms with van der Waals surface area (Å²) in [7, 11) is -33.7. The van der Waals surface area contributed by atoms with Crippen molar-refractivity contribution in [3.8, 4) is 0 Å². The molecule has 2 saturated heterocycles. The quantitative estimate of drug-likeness (QED) is 0.0209. The molecule has 6 heterocycles. The van der Waals surface area contributed by atoms with E-state index in [9.17, 15) is 86.3 Å². The molecule has 8 N–H and O–H groups in total. The zero-order chi connectivity index (χ0) is 60.3. The molecular weight excluding hydrogens is 1420 g/mol. The van der Waals surface area contributed by atoms with Gasteiger partial charge in [0.1, 0.15) is 48.1 Å². The Labute approximate surface area is 684 Å². The van der Waals surface area contributed by atoms with Crippen LogP contribution in [0.1, 0.15) is 33.2 Å². The van der Waals surface area contributed by atoms with Gasteiger partial charge in [-0.1, -0.05) is 24.3 Å². The number of hydrogen-bond acceptors (Lipinski definition) is 38. The van der Waals surface area contributed by atoms with E-state index in [1.807, 2.05) is 0 Å². The number of aliphatic hydroxyl groups is 2. The fraction of sp³-hybridized carbons (Fsp3) is 0.333. The van der Waals surface area contributed by atoms with Gasteiger partial charge in [0.25, 0.3) is 31.3 Å². The maximum Gasteiger partial charge on any atom is 1.00 e. The predicted molar refractivity (Wildman–Crippen MR) is 252 cm³/mol. The molecule has 2 aromatic carbocycles. The Morgan fingerprint density at radius 3 is 1.29 bits per heavy atom. The molecule has 0 aliphatic carbocycles. The molecule has 12 atom stereocenters. The fourth-order valence-electron chi connectivity index (χ4n) is 7.58. The van der Waals surface area contributed by atoms with Crippen LogP contribution in [0.5, 0.6) is 0 Å². The minimum Gasteiger partial charge on any atom is -0.790 e. The van der Waals surface area contributed by atoms with Crippen molar-refractivity contribution in [1.82, 2.24) is 39.0 Å². The minimum absolute atomic E-state index is 0. The summed E-state index contributed by atoms with van der Waals surface area (Å²) in [5.41, 5.74) is 12.8. The number of nitrogens with zero attached hydrogens (tertiary/aromatic N) is 8. The van der Waals surface area contributed by atoms with E-state index in [2.05, 4.69) is 66.8 Å². The Hall–Kier alpha value is 2.34. The van der Waals surface area contributed by atoms with Crippen molar-refractivity contribution in [2.45, 2.75) is 49.1 Å². The van der Waals surface area contributed by atoms with Gasteiger partial charge in [-0.15, -0.1) is 0 Å². The number of rotatable bonds is 22. The van der Waals surface area contributed by atoms with E-state index in [0.29, 0.717) is 11.4 Å². The summed E-state index contributed by atoms with van der Waals surface area (Å²) in [6, 6.07) is 12.3. The molecule has 0 spiro atoms. The van der Waals surface area contributed by atoms with Crippen LogP contribution in [0, 0.1) is 0 Å². The minimum atomic E-state index is -6.24. The van der Waals surface area contributed by atoms with Gasteiger partial charge in [0.15, 0.2) is 47.6 Å². The summed E-state index contributed by atoms with van der Waals surface area (Å²) in [5, 5.41) is 27.6. The molecule has 4 unspecified atom stereocenters. The Kier molecular flexibility index (Phi) is 42.1. The van der Waals surface area contributed by atoms with Gasteiger partial charge in [0.2, 0.25) is 0 Å². The second-order valence-electron chi connectivity index (χ2n) is 16.2. The molecular formula is C36H38N12Na8O28P6. The SMILES string of the molecule is CNc1ccccc1C(=O)O[C@@H]1[C@H](O)[C@@H](COP(=O)([O-])OP(=O)([O-])OP(=O)([O-])[O-])O[C@H]1n1cnc2c(N)ncnc21.CNc1ccccc1C(=O)O[C@H]1[C@@H](O)[C@H](n2cnc3c(N)ncnc32)O[C@@H]1COP(=O)([O-])OP(=O)([O-])OP(=O)([O-])[O-].[Na+].[Na+].[Na+].[Na+].[Na+].[Na+].[Na+].[Na+]. The Bertz CT molecular complexity index is 3660. The van der Waals surface area contributed by atoms with E-state index >= 15 is 0 Å². The number of nitrogens with one attached hydrogen (secondary N) is 2. The number of carbonyl (C=O) groups is 2. The van der Waals surface area contributed by atoms with Crippen LogP contribution < -0.4 is 298 Å². The molecule has 2 aliphatic rings. The molecule has 0 saturated carbocycles. The number of fused-ring (bicyclic) bond motifs is 2. The Morgan fingerprint density at radius 1 is 0.522 bits per heavy atom. The second-order valence-corrected chi connectivity index (χ2v) is 24.7. The fourth-order valence-corrected chi connectivity index (χ4v) is 13.3. The smallest absolute Gasteiger partial charge is 0.790 e. The van der Waals surface area contributed by atoms with Crippen LogP contribution >= 0.6 is 46.9 Å². The zero-order valence-electron chi connectivity index (χ0n) is 48.9. The third-order valence-electron chi connectivity index (χ3n) is 10.9. The molecule has 0 bridgehead atoms. The number of ether oxygens (including phenoxy) is 4. The number of phosphoric ester groups is 2. The van der Waals surface area contributed by atoms with Crippen molar-refractivity contribution in [3.05, 3.63) is 85.0 Å². The van der Waals surface area contributed by atoms with Crippen LogP contribution in [-0.2, 0) is 72.6 Å². The van der Waals surface area contributed by atoms with Crippen LogP contribution in [-0.4, -0.2) is 125 Å². The number of anilines is 4. The van der Waals surface area contributed by atoms with Crippen LogP contribution in [0.4, 0.5) is 23.0 Å².